The van der Waals surface area contributed by atoms with Crippen LogP contribution in [-0.2, 0) is 9.63 Å². The molecule has 1 aromatic rings. The van der Waals surface area contributed by atoms with Crippen molar-refractivity contribution in [3.63, 3.8) is 0 Å². The zero-order valence-electron chi connectivity index (χ0n) is 9.01. The van der Waals surface area contributed by atoms with Gasteiger partial charge in [-0.15, -0.1) is 0 Å². The molecule has 1 aromatic heterocycles. The molecule has 0 bridgehead atoms. The molecule has 0 radical (unpaired) electrons. The van der Waals surface area contributed by atoms with Crippen molar-refractivity contribution in [2.45, 2.75) is 20.0 Å². The van der Waals surface area contributed by atoms with Gasteiger partial charge in [-0.05, 0) is 13.8 Å². The number of aliphatic carboxylic acids is 1. The Bertz CT molecular complexity index is 356. The number of anilines is 1. The molecule has 1 heterocycles. The van der Waals surface area contributed by atoms with Crippen LogP contribution in [0.25, 0.3) is 0 Å². The fraction of sp³-hybridized carbons (Fsp3) is 0.444. The smallest absolute Gasteiger partial charge is 0.332 e. The first kappa shape index (κ1) is 12.2. The van der Waals surface area contributed by atoms with Gasteiger partial charge in [-0.2, -0.15) is 4.98 Å². The quantitative estimate of drug-likeness (QED) is 0.690. The summed E-state index contributed by atoms with van der Waals surface area (Å²) in [5.74, 6) is -0.534. The van der Waals surface area contributed by atoms with Crippen molar-refractivity contribution < 1.29 is 19.5 Å². The highest BCUT2D eigenvalue weighted by atomic mass is 16.7. The lowest BCUT2D eigenvalue weighted by atomic mass is 10.5. The number of nitrogens with zero attached hydrogens (tertiary/aromatic N) is 2. The summed E-state index contributed by atoms with van der Waals surface area (Å²) in [5, 5.41) is 8.33. The molecule has 16 heavy (non-hydrogen) atoms. The van der Waals surface area contributed by atoms with Gasteiger partial charge in [-0.3, -0.25) is 4.84 Å². The molecule has 88 valence electrons. The van der Waals surface area contributed by atoms with E-state index in [0.29, 0.717) is 5.88 Å². The van der Waals surface area contributed by atoms with E-state index in [0.717, 1.165) is 0 Å². The lowest BCUT2D eigenvalue weighted by molar-refractivity contribution is -0.141. The molecule has 1 rings (SSSR count). The second-order valence-electron chi connectivity index (χ2n) is 3.17. The fourth-order valence-corrected chi connectivity index (χ4v) is 0.861. The van der Waals surface area contributed by atoms with Gasteiger partial charge < -0.3 is 9.84 Å². The van der Waals surface area contributed by atoms with Crippen molar-refractivity contribution >= 4 is 11.9 Å². The molecule has 0 aliphatic carbocycles. The van der Waals surface area contributed by atoms with E-state index in [2.05, 4.69) is 20.3 Å². The van der Waals surface area contributed by atoms with Gasteiger partial charge in [-0.25, -0.2) is 15.3 Å². The highest BCUT2D eigenvalue weighted by Crippen LogP contribution is 2.09. The maximum atomic E-state index is 10.2. The summed E-state index contributed by atoms with van der Waals surface area (Å²) in [5.41, 5.74) is 2.31. The number of hydrogen-bond donors (Lipinski definition) is 2. The first-order valence-corrected chi connectivity index (χ1v) is 4.67. The summed E-state index contributed by atoms with van der Waals surface area (Å²) in [4.78, 5) is 22.6. The van der Waals surface area contributed by atoms with Crippen LogP contribution >= 0.6 is 0 Å². The predicted molar refractivity (Wildman–Crippen MR) is 55.0 cm³/mol. The number of carbonyl (C=O) groups is 1. The van der Waals surface area contributed by atoms with E-state index < -0.39 is 12.6 Å². The average molecular weight is 227 g/mol. The molecular weight excluding hydrogens is 214 g/mol. The van der Waals surface area contributed by atoms with Crippen LogP contribution in [0.1, 0.15) is 13.8 Å². The molecule has 0 amide bonds. The number of aromatic nitrogens is 2. The molecule has 0 aromatic carbocycles. The van der Waals surface area contributed by atoms with Crippen LogP contribution in [-0.4, -0.2) is 33.8 Å². The molecule has 0 saturated heterocycles. The van der Waals surface area contributed by atoms with Crippen molar-refractivity contribution in [1.82, 2.24) is 9.97 Å². The Labute approximate surface area is 92.4 Å². The van der Waals surface area contributed by atoms with Crippen LogP contribution in [0, 0.1) is 0 Å². The van der Waals surface area contributed by atoms with Crippen molar-refractivity contribution in [2.75, 3.05) is 12.1 Å². The molecule has 2 N–H and O–H groups in total. The monoisotopic (exact) mass is 227 g/mol. The van der Waals surface area contributed by atoms with Crippen molar-refractivity contribution in [3.8, 4) is 5.88 Å². The third kappa shape index (κ3) is 4.56. The number of ether oxygens (including phenoxy) is 1. The SMILES string of the molecule is CC(C)Oc1ccnc(NOCC(=O)O)n1. The first-order valence-electron chi connectivity index (χ1n) is 4.67. The van der Waals surface area contributed by atoms with E-state index in [4.69, 9.17) is 9.84 Å². The van der Waals surface area contributed by atoms with Crippen LogP contribution in [0.5, 0.6) is 5.88 Å². The van der Waals surface area contributed by atoms with Gasteiger partial charge in [0.25, 0.3) is 0 Å². The summed E-state index contributed by atoms with van der Waals surface area (Å²) in [7, 11) is 0. The summed E-state index contributed by atoms with van der Waals surface area (Å²) in [6, 6.07) is 1.60. The van der Waals surface area contributed by atoms with Gasteiger partial charge in [0.1, 0.15) is 0 Å². The topological polar surface area (TPSA) is 93.6 Å². The Morgan fingerprint density at radius 3 is 3.00 bits per heavy atom. The second kappa shape index (κ2) is 5.86. The van der Waals surface area contributed by atoms with E-state index in [1.165, 1.54) is 6.20 Å². The van der Waals surface area contributed by atoms with E-state index in [-0.39, 0.29) is 12.1 Å². The number of carboxylic acids is 1. The Balaban J connectivity index is 2.50. The third-order valence-electron chi connectivity index (χ3n) is 1.35. The molecular formula is C9H13N3O4. The molecule has 0 spiro atoms. The van der Waals surface area contributed by atoms with Crippen molar-refractivity contribution in [2.24, 2.45) is 0 Å². The number of carboxylic acid groups (broad SMARTS) is 1. The second-order valence-corrected chi connectivity index (χ2v) is 3.17. The zero-order valence-corrected chi connectivity index (χ0v) is 9.01. The lowest BCUT2D eigenvalue weighted by Crippen LogP contribution is -2.13. The summed E-state index contributed by atoms with van der Waals surface area (Å²) in [6.07, 6.45) is 1.49. The van der Waals surface area contributed by atoms with E-state index in [1.807, 2.05) is 13.8 Å². The van der Waals surface area contributed by atoms with Gasteiger partial charge >= 0.3 is 5.97 Å². The largest absolute Gasteiger partial charge is 0.479 e. The molecule has 0 unspecified atom stereocenters. The molecule has 7 heteroatoms. The van der Waals surface area contributed by atoms with Gasteiger partial charge in [-0.1, -0.05) is 0 Å². The van der Waals surface area contributed by atoms with Crippen molar-refractivity contribution in [1.29, 1.82) is 0 Å². The Morgan fingerprint density at radius 1 is 1.62 bits per heavy atom. The standard InChI is InChI=1S/C9H13N3O4/c1-6(2)16-7-3-4-10-9(11-7)12-15-5-8(13)14/h3-4,6H,5H2,1-2H3,(H,13,14)(H,10,11,12). The predicted octanol–water partition coefficient (Wildman–Crippen LogP) is 0.692. The van der Waals surface area contributed by atoms with Crippen LogP contribution in [0.3, 0.4) is 0 Å². The Kier molecular flexibility index (Phi) is 4.46. The lowest BCUT2D eigenvalue weighted by Gasteiger charge is -2.09. The summed E-state index contributed by atoms with van der Waals surface area (Å²) in [6.45, 7) is 3.27. The normalized spacial score (nSPS) is 10.2. The Morgan fingerprint density at radius 2 is 2.38 bits per heavy atom. The molecule has 0 saturated carbocycles. The minimum Gasteiger partial charge on any atom is -0.479 e. The first-order chi connectivity index (χ1) is 7.58. The van der Waals surface area contributed by atoms with Gasteiger partial charge in [0.15, 0.2) is 6.61 Å². The summed E-state index contributed by atoms with van der Waals surface area (Å²) < 4.78 is 5.32. The van der Waals surface area contributed by atoms with E-state index in [9.17, 15) is 4.79 Å². The molecule has 0 fully saturated rings. The van der Waals surface area contributed by atoms with Gasteiger partial charge in [0.05, 0.1) is 6.10 Å². The van der Waals surface area contributed by atoms with Crippen LogP contribution < -0.4 is 10.2 Å². The minimum absolute atomic E-state index is 0.00249. The van der Waals surface area contributed by atoms with Gasteiger partial charge in [0, 0.05) is 12.3 Å². The Hall–Kier alpha value is -1.89. The van der Waals surface area contributed by atoms with Gasteiger partial charge in [0.2, 0.25) is 11.8 Å². The number of hydrogen-bond acceptors (Lipinski definition) is 6. The molecule has 0 aliphatic rings. The maximum Gasteiger partial charge on any atom is 0.332 e. The number of nitrogens with one attached hydrogen (secondary N) is 1. The highest BCUT2D eigenvalue weighted by Gasteiger charge is 2.03. The van der Waals surface area contributed by atoms with Crippen LogP contribution in [0.15, 0.2) is 12.3 Å². The van der Waals surface area contributed by atoms with E-state index >= 15 is 0 Å². The minimum atomic E-state index is -1.08. The molecule has 7 nitrogen and oxygen atoms in total. The van der Waals surface area contributed by atoms with Crippen LogP contribution in [0.2, 0.25) is 0 Å². The fourth-order valence-electron chi connectivity index (χ4n) is 0.861. The zero-order chi connectivity index (χ0) is 12.0. The summed E-state index contributed by atoms with van der Waals surface area (Å²) >= 11 is 0. The molecule has 0 atom stereocenters. The average Bonchev–Trinajstić information content (AvgIpc) is 2.16. The third-order valence-corrected chi connectivity index (χ3v) is 1.35. The number of rotatable bonds is 6. The van der Waals surface area contributed by atoms with Crippen molar-refractivity contribution in [3.05, 3.63) is 12.3 Å². The highest BCUT2D eigenvalue weighted by molar-refractivity contribution is 5.68. The van der Waals surface area contributed by atoms with E-state index in [1.54, 1.807) is 6.07 Å². The van der Waals surface area contributed by atoms with Crippen LogP contribution in [0.4, 0.5) is 5.95 Å². The maximum absolute atomic E-state index is 10.2. The molecule has 0 aliphatic heterocycles.